The smallest absolute Gasteiger partial charge is 0.223 e. The molecule has 1 aromatic heterocycles. The third-order valence-electron chi connectivity index (χ3n) is 2.41. The summed E-state index contributed by atoms with van der Waals surface area (Å²) in [6.07, 6.45) is 6.58. The summed E-state index contributed by atoms with van der Waals surface area (Å²) >= 11 is 0. The van der Waals surface area contributed by atoms with E-state index in [2.05, 4.69) is 10.3 Å². The number of nitrogens with zero attached hydrogens (tertiary/aromatic N) is 1. The molecule has 1 saturated carbocycles. The van der Waals surface area contributed by atoms with Gasteiger partial charge in [-0.05, 0) is 37.0 Å². The van der Waals surface area contributed by atoms with E-state index in [1.165, 1.54) is 5.56 Å². The Morgan fingerprint density at radius 3 is 2.79 bits per heavy atom. The lowest BCUT2D eigenvalue weighted by Crippen LogP contribution is -2.26. The summed E-state index contributed by atoms with van der Waals surface area (Å²) in [6, 6.07) is 3.95. The van der Waals surface area contributed by atoms with Gasteiger partial charge in [0, 0.05) is 24.9 Å². The molecule has 1 fully saturated rings. The topological polar surface area (TPSA) is 42.0 Å². The molecule has 0 atom stereocenters. The van der Waals surface area contributed by atoms with E-state index in [9.17, 15) is 4.79 Å². The van der Waals surface area contributed by atoms with Gasteiger partial charge in [0.25, 0.3) is 0 Å². The van der Waals surface area contributed by atoms with Crippen molar-refractivity contribution < 1.29 is 4.79 Å². The van der Waals surface area contributed by atoms with Crippen LogP contribution in [0.4, 0.5) is 0 Å². The lowest BCUT2D eigenvalue weighted by atomic mass is 10.2. The van der Waals surface area contributed by atoms with Crippen LogP contribution in [-0.2, 0) is 11.2 Å². The SMILES string of the molecule is O=C(NCCc1ccncc1)C1CC1. The molecular formula is C11H14N2O. The van der Waals surface area contributed by atoms with Crippen molar-refractivity contribution in [1.29, 1.82) is 0 Å². The van der Waals surface area contributed by atoms with Gasteiger partial charge in [-0.15, -0.1) is 0 Å². The molecule has 0 saturated heterocycles. The first-order valence-corrected chi connectivity index (χ1v) is 5.03. The molecule has 0 radical (unpaired) electrons. The summed E-state index contributed by atoms with van der Waals surface area (Å²) in [4.78, 5) is 15.2. The van der Waals surface area contributed by atoms with Gasteiger partial charge >= 0.3 is 0 Å². The zero-order valence-corrected chi connectivity index (χ0v) is 8.07. The van der Waals surface area contributed by atoms with Crippen molar-refractivity contribution in [2.45, 2.75) is 19.3 Å². The van der Waals surface area contributed by atoms with Crippen LogP contribution < -0.4 is 5.32 Å². The molecule has 0 unspecified atom stereocenters. The molecule has 1 heterocycles. The van der Waals surface area contributed by atoms with Crippen LogP contribution in [0.15, 0.2) is 24.5 Å². The molecule has 74 valence electrons. The average Bonchev–Trinajstić information content (AvgIpc) is 3.02. The second-order valence-corrected chi connectivity index (χ2v) is 3.67. The maximum Gasteiger partial charge on any atom is 0.223 e. The fraction of sp³-hybridized carbons (Fsp3) is 0.455. The fourth-order valence-corrected chi connectivity index (χ4v) is 1.37. The third kappa shape index (κ3) is 2.55. The summed E-state index contributed by atoms with van der Waals surface area (Å²) in [7, 11) is 0. The first-order valence-electron chi connectivity index (χ1n) is 5.03. The average molecular weight is 190 g/mol. The van der Waals surface area contributed by atoms with Crippen LogP contribution in [0, 0.1) is 5.92 Å². The first kappa shape index (κ1) is 9.19. The summed E-state index contributed by atoms with van der Waals surface area (Å²) in [6.45, 7) is 0.735. The Bertz CT molecular complexity index is 306. The van der Waals surface area contributed by atoms with E-state index in [0.29, 0.717) is 5.92 Å². The monoisotopic (exact) mass is 190 g/mol. The molecule has 1 aliphatic carbocycles. The van der Waals surface area contributed by atoms with Gasteiger partial charge in [-0.25, -0.2) is 0 Å². The third-order valence-corrected chi connectivity index (χ3v) is 2.41. The second kappa shape index (κ2) is 4.22. The van der Waals surface area contributed by atoms with Crippen LogP contribution in [0.1, 0.15) is 18.4 Å². The molecule has 2 rings (SSSR count). The normalized spacial score (nSPS) is 15.1. The molecule has 0 spiro atoms. The molecule has 0 aliphatic heterocycles. The van der Waals surface area contributed by atoms with E-state index in [-0.39, 0.29) is 5.91 Å². The van der Waals surface area contributed by atoms with E-state index >= 15 is 0 Å². The molecular weight excluding hydrogens is 176 g/mol. The highest BCUT2D eigenvalue weighted by atomic mass is 16.2. The summed E-state index contributed by atoms with van der Waals surface area (Å²) in [5, 5.41) is 2.93. The lowest BCUT2D eigenvalue weighted by molar-refractivity contribution is -0.122. The van der Waals surface area contributed by atoms with Crippen molar-refractivity contribution in [2.24, 2.45) is 5.92 Å². The summed E-state index contributed by atoms with van der Waals surface area (Å²) in [5.41, 5.74) is 1.22. The number of nitrogens with one attached hydrogen (secondary N) is 1. The van der Waals surface area contributed by atoms with Crippen molar-refractivity contribution in [3.8, 4) is 0 Å². The highest BCUT2D eigenvalue weighted by molar-refractivity contribution is 5.80. The highest BCUT2D eigenvalue weighted by Gasteiger charge is 2.28. The standard InChI is InChI=1S/C11H14N2O/c14-11(10-1-2-10)13-8-5-9-3-6-12-7-4-9/h3-4,6-7,10H,1-2,5,8H2,(H,13,14). The number of hydrogen-bond acceptors (Lipinski definition) is 2. The van der Waals surface area contributed by atoms with Gasteiger partial charge in [-0.1, -0.05) is 0 Å². The van der Waals surface area contributed by atoms with Gasteiger partial charge in [0.05, 0.1) is 0 Å². The molecule has 0 aromatic carbocycles. The zero-order chi connectivity index (χ0) is 9.80. The first-order chi connectivity index (χ1) is 6.86. The molecule has 3 nitrogen and oxygen atoms in total. The number of hydrogen-bond donors (Lipinski definition) is 1. The fourth-order valence-electron chi connectivity index (χ4n) is 1.37. The van der Waals surface area contributed by atoms with Crippen LogP contribution in [0.2, 0.25) is 0 Å². The van der Waals surface area contributed by atoms with Gasteiger partial charge in [-0.2, -0.15) is 0 Å². The minimum absolute atomic E-state index is 0.221. The van der Waals surface area contributed by atoms with Gasteiger partial charge in [0.15, 0.2) is 0 Å². The number of carbonyl (C=O) groups is 1. The van der Waals surface area contributed by atoms with Crippen LogP contribution in [0.25, 0.3) is 0 Å². The molecule has 0 bridgehead atoms. The number of carbonyl (C=O) groups excluding carboxylic acids is 1. The number of rotatable bonds is 4. The predicted octanol–water partition coefficient (Wildman–Crippen LogP) is 1.15. The molecule has 3 heteroatoms. The quantitative estimate of drug-likeness (QED) is 0.773. The van der Waals surface area contributed by atoms with Crippen LogP contribution in [-0.4, -0.2) is 17.4 Å². The lowest BCUT2D eigenvalue weighted by Gasteiger charge is -2.03. The maximum absolute atomic E-state index is 11.3. The predicted molar refractivity (Wildman–Crippen MR) is 53.7 cm³/mol. The van der Waals surface area contributed by atoms with Crippen LogP contribution in [0.3, 0.4) is 0 Å². The van der Waals surface area contributed by atoms with Gasteiger partial charge in [0.1, 0.15) is 0 Å². The Balaban J connectivity index is 1.70. The van der Waals surface area contributed by atoms with Crippen LogP contribution in [0.5, 0.6) is 0 Å². The summed E-state index contributed by atoms with van der Waals surface area (Å²) < 4.78 is 0. The van der Waals surface area contributed by atoms with E-state index in [0.717, 1.165) is 25.8 Å². The molecule has 1 aromatic rings. The number of amides is 1. The van der Waals surface area contributed by atoms with E-state index < -0.39 is 0 Å². The minimum atomic E-state index is 0.221. The Hall–Kier alpha value is -1.38. The summed E-state index contributed by atoms with van der Waals surface area (Å²) in [5.74, 6) is 0.534. The van der Waals surface area contributed by atoms with Crippen molar-refractivity contribution in [3.05, 3.63) is 30.1 Å². The van der Waals surface area contributed by atoms with E-state index in [1.54, 1.807) is 12.4 Å². The maximum atomic E-state index is 11.3. The minimum Gasteiger partial charge on any atom is -0.356 e. The molecule has 14 heavy (non-hydrogen) atoms. The Morgan fingerprint density at radius 2 is 2.14 bits per heavy atom. The van der Waals surface area contributed by atoms with Crippen molar-refractivity contribution >= 4 is 5.91 Å². The van der Waals surface area contributed by atoms with Crippen molar-refractivity contribution in [2.75, 3.05) is 6.54 Å². The van der Waals surface area contributed by atoms with E-state index in [4.69, 9.17) is 0 Å². The van der Waals surface area contributed by atoms with Gasteiger partial charge in [-0.3, -0.25) is 9.78 Å². The largest absolute Gasteiger partial charge is 0.356 e. The van der Waals surface area contributed by atoms with Gasteiger partial charge in [0.2, 0.25) is 5.91 Å². The van der Waals surface area contributed by atoms with Crippen molar-refractivity contribution in [3.63, 3.8) is 0 Å². The Kier molecular flexibility index (Phi) is 2.77. The van der Waals surface area contributed by atoms with Crippen molar-refractivity contribution in [1.82, 2.24) is 10.3 Å². The Labute approximate surface area is 83.5 Å². The molecule has 1 aliphatic rings. The molecule has 1 amide bonds. The number of pyridine rings is 1. The van der Waals surface area contributed by atoms with Gasteiger partial charge < -0.3 is 5.32 Å². The molecule has 1 N–H and O–H groups in total. The van der Waals surface area contributed by atoms with Crippen LogP contribution >= 0.6 is 0 Å². The number of aromatic nitrogens is 1. The second-order valence-electron chi connectivity index (χ2n) is 3.67. The highest BCUT2D eigenvalue weighted by Crippen LogP contribution is 2.28. The zero-order valence-electron chi connectivity index (χ0n) is 8.07. The van der Waals surface area contributed by atoms with E-state index in [1.807, 2.05) is 12.1 Å². The Morgan fingerprint density at radius 1 is 1.43 bits per heavy atom.